The zero-order chi connectivity index (χ0) is 27.3. The summed E-state index contributed by atoms with van der Waals surface area (Å²) in [6, 6.07) is 13.6. The molecule has 2 aromatic carbocycles. The fraction of sp³-hybridized carbons (Fsp3) is 0.516. The van der Waals surface area contributed by atoms with Gasteiger partial charge in [0.25, 0.3) is 5.91 Å². The molecule has 0 radical (unpaired) electrons. The molecular weight excluding hydrogens is 492 g/mol. The molecule has 0 aliphatic carbocycles. The molecule has 0 saturated carbocycles. The van der Waals surface area contributed by atoms with E-state index >= 15 is 0 Å². The highest BCUT2D eigenvalue weighted by molar-refractivity contribution is 7.99. The van der Waals surface area contributed by atoms with E-state index < -0.39 is 12.1 Å². The van der Waals surface area contributed by atoms with Crippen LogP contribution in [0, 0.1) is 5.92 Å². The molecule has 1 aliphatic rings. The van der Waals surface area contributed by atoms with Gasteiger partial charge in [-0.3, -0.25) is 4.79 Å². The van der Waals surface area contributed by atoms with E-state index in [0.29, 0.717) is 24.4 Å². The summed E-state index contributed by atoms with van der Waals surface area (Å²) in [5, 5.41) is 19.2. The maximum Gasteiger partial charge on any atom is 0.251 e. The SMILES string of the molecule is CCc1cn2c3c(cc(C(=O)N[C@@H](Cc4ccccc4)[C@H](O)CNC(C)(C)CCCC(C)C)cc13)NSC2. The minimum atomic E-state index is -0.730. The zero-order valence-electron chi connectivity index (χ0n) is 23.5. The number of nitrogens with one attached hydrogen (secondary N) is 3. The van der Waals surface area contributed by atoms with Crippen molar-refractivity contribution in [3.05, 3.63) is 65.4 Å². The third kappa shape index (κ3) is 7.13. The van der Waals surface area contributed by atoms with Gasteiger partial charge in [0.1, 0.15) is 0 Å². The Balaban J connectivity index is 1.51. The number of aliphatic hydroxyl groups excluding tert-OH is 1. The average Bonchev–Trinajstić information content (AvgIpc) is 3.26. The number of carbonyl (C=O) groups excluding carboxylic acids is 1. The summed E-state index contributed by atoms with van der Waals surface area (Å²) in [5.74, 6) is 1.38. The molecule has 0 spiro atoms. The van der Waals surface area contributed by atoms with Crippen LogP contribution >= 0.6 is 11.9 Å². The molecule has 38 heavy (non-hydrogen) atoms. The third-order valence-corrected chi connectivity index (χ3v) is 8.31. The number of aromatic nitrogens is 1. The lowest BCUT2D eigenvalue weighted by Crippen LogP contribution is -2.52. The van der Waals surface area contributed by atoms with Crippen LogP contribution in [0.2, 0.25) is 0 Å². The fourth-order valence-corrected chi connectivity index (χ4v) is 5.97. The van der Waals surface area contributed by atoms with Crippen LogP contribution in [0.4, 0.5) is 5.69 Å². The molecule has 2 atom stereocenters. The first-order valence-electron chi connectivity index (χ1n) is 14.0. The van der Waals surface area contributed by atoms with Crippen molar-refractivity contribution in [1.82, 2.24) is 15.2 Å². The van der Waals surface area contributed by atoms with E-state index in [9.17, 15) is 9.90 Å². The lowest BCUT2D eigenvalue weighted by Gasteiger charge is -2.31. The Kier molecular flexibility index (Phi) is 9.45. The summed E-state index contributed by atoms with van der Waals surface area (Å²) in [5.41, 5.74) is 4.97. The van der Waals surface area contributed by atoms with E-state index in [4.69, 9.17) is 0 Å². The molecule has 0 fully saturated rings. The lowest BCUT2D eigenvalue weighted by molar-refractivity contribution is 0.0812. The molecule has 0 saturated heterocycles. The number of hydrogen-bond donors (Lipinski definition) is 4. The first-order chi connectivity index (χ1) is 18.2. The van der Waals surface area contributed by atoms with E-state index in [-0.39, 0.29) is 11.4 Å². The van der Waals surface area contributed by atoms with E-state index in [0.717, 1.165) is 47.3 Å². The molecule has 6 nitrogen and oxygen atoms in total. The largest absolute Gasteiger partial charge is 0.390 e. The summed E-state index contributed by atoms with van der Waals surface area (Å²) < 4.78 is 5.65. The predicted molar refractivity (Wildman–Crippen MR) is 161 cm³/mol. The monoisotopic (exact) mass is 536 g/mol. The van der Waals surface area contributed by atoms with Crippen LogP contribution in [-0.2, 0) is 18.7 Å². The first kappa shape index (κ1) is 28.5. The number of hydrogen-bond acceptors (Lipinski definition) is 5. The molecule has 1 aromatic heterocycles. The molecule has 1 amide bonds. The summed E-state index contributed by atoms with van der Waals surface area (Å²) >= 11 is 1.62. The van der Waals surface area contributed by atoms with Crippen molar-refractivity contribution >= 4 is 34.4 Å². The van der Waals surface area contributed by atoms with Crippen LogP contribution in [0.15, 0.2) is 48.7 Å². The number of aliphatic hydroxyl groups is 1. The van der Waals surface area contributed by atoms with E-state index in [2.05, 4.69) is 60.7 Å². The first-order valence-corrected chi connectivity index (χ1v) is 15.0. The molecule has 4 rings (SSSR count). The van der Waals surface area contributed by atoms with Crippen molar-refractivity contribution in [3.63, 3.8) is 0 Å². The van der Waals surface area contributed by atoms with E-state index in [1.807, 2.05) is 42.5 Å². The van der Waals surface area contributed by atoms with Crippen LogP contribution in [-0.4, -0.2) is 39.8 Å². The molecule has 3 aromatic rings. The number of aryl methyl sites for hydroxylation is 1. The molecule has 0 bridgehead atoms. The Morgan fingerprint density at radius 2 is 1.97 bits per heavy atom. The van der Waals surface area contributed by atoms with Crippen molar-refractivity contribution in [3.8, 4) is 0 Å². The second kappa shape index (κ2) is 12.6. The van der Waals surface area contributed by atoms with Crippen LogP contribution in [0.3, 0.4) is 0 Å². The Hall–Kier alpha value is -2.48. The normalized spacial score (nSPS) is 14.9. The van der Waals surface area contributed by atoms with Gasteiger partial charge in [0.2, 0.25) is 0 Å². The molecular formula is C31H44N4O2S. The lowest BCUT2D eigenvalue weighted by atomic mass is 9.93. The number of benzene rings is 2. The van der Waals surface area contributed by atoms with Crippen molar-refractivity contribution < 1.29 is 9.90 Å². The molecule has 1 aliphatic heterocycles. The van der Waals surface area contributed by atoms with Crippen LogP contribution in [0.25, 0.3) is 10.9 Å². The van der Waals surface area contributed by atoms with Gasteiger partial charge in [0, 0.05) is 29.2 Å². The number of carbonyl (C=O) groups is 1. The zero-order valence-corrected chi connectivity index (χ0v) is 24.3. The smallest absolute Gasteiger partial charge is 0.251 e. The van der Waals surface area contributed by atoms with Crippen molar-refractivity contribution in [1.29, 1.82) is 0 Å². The fourth-order valence-electron chi connectivity index (χ4n) is 5.25. The second-order valence-electron chi connectivity index (χ2n) is 11.7. The maximum absolute atomic E-state index is 13.6. The van der Waals surface area contributed by atoms with Crippen molar-refractivity contribution in [2.45, 2.75) is 90.3 Å². The van der Waals surface area contributed by atoms with Crippen LogP contribution in [0.1, 0.15) is 75.4 Å². The van der Waals surface area contributed by atoms with Crippen molar-refractivity contribution in [2.24, 2.45) is 5.92 Å². The van der Waals surface area contributed by atoms with Gasteiger partial charge < -0.3 is 25.0 Å². The molecule has 4 N–H and O–H groups in total. The van der Waals surface area contributed by atoms with Gasteiger partial charge in [-0.2, -0.15) is 0 Å². The Bertz CT molecular complexity index is 1220. The molecule has 206 valence electrons. The van der Waals surface area contributed by atoms with E-state index in [1.54, 1.807) is 11.9 Å². The van der Waals surface area contributed by atoms with Gasteiger partial charge in [0.15, 0.2) is 0 Å². The minimum absolute atomic E-state index is 0.0854. The van der Waals surface area contributed by atoms with Crippen LogP contribution < -0.4 is 15.4 Å². The predicted octanol–water partition coefficient (Wildman–Crippen LogP) is 6.13. The van der Waals surface area contributed by atoms with Gasteiger partial charge in [0.05, 0.1) is 29.2 Å². The van der Waals surface area contributed by atoms with Crippen molar-refractivity contribution in [2.75, 3.05) is 11.3 Å². The third-order valence-electron chi connectivity index (χ3n) is 7.54. The highest BCUT2D eigenvalue weighted by Gasteiger charge is 2.26. The Labute approximate surface area is 232 Å². The average molecular weight is 537 g/mol. The summed E-state index contributed by atoms with van der Waals surface area (Å²) in [6.07, 6.45) is 6.32. The second-order valence-corrected chi connectivity index (χ2v) is 12.4. The number of amides is 1. The van der Waals surface area contributed by atoms with Crippen LogP contribution in [0.5, 0.6) is 0 Å². The highest BCUT2D eigenvalue weighted by atomic mass is 32.2. The summed E-state index contributed by atoms with van der Waals surface area (Å²) in [6.45, 7) is 11.4. The number of β-amino-alcohol motifs (C(OH)–C–C–N with tert-alkyl or cyclic N) is 1. The van der Waals surface area contributed by atoms with Gasteiger partial charge in [-0.05, 0) is 74.2 Å². The summed E-state index contributed by atoms with van der Waals surface area (Å²) in [4.78, 5) is 13.6. The minimum Gasteiger partial charge on any atom is -0.390 e. The van der Waals surface area contributed by atoms with Gasteiger partial charge in [-0.15, -0.1) is 0 Å². The topological polar surface area (TPSA) is 78.3 Å². The number of nitrogens with zero attached hydrogens (tertiary/aromatic N) is 1. The van der Waals surface area contributed by atoms with Gasteiger partial charge in [-0.1, -0.05) is 63.9 Å². The molecule has 7 heteroatoms. The number of anilines is 1. The van der Waals surface area contributed by atoms with Gasteiger partial charge in [-0.25, -0.2) is 0 Å². The Morgan fingerprint density at radius 1 is 1.21 bits per heavy atom. The number of rotatable bonds is 13. The standard InChI is InChI=1S/C31H44N4O2S/c1-6-23-19-35-20-38-34-27-17-24(16-25(23)29(27)35)30(37)33-26(15-22-12-8-7-9-13-22)28(36)18-32-31(4,5)14-10-11-21(2)3/h7-9,12-13,16-17,19,21,26,28,32,34,36H,6,10-11,14-15,18,20H2,1-5H3,(H,33,37)/t26-,28+/m0/s1. The highest BCUT2D eigenvalue weighted by Crippen LogP contribution is 2.36. The molecule has 0 unspecified atom stereocenters. The summed E-state index contributed by atoms with van der Waals surface area (Å²) in [7, 11) is 0. The maximum atomic E-state index is 13.6. The quantitative estimate of drug-likeness (QED) is 0.198. The van der Waals surface area contributed by atoms with Gasteiger partial charge >= 0.3 is 0 Å². The Morgan fingerprint density at radius 3 is 2.68 bits per heavy atom. The molecule has 2 heterocycles. The van der Waals surface area contributed by atoms with E-state index in [1.165, 1.54) is 12.0 Å².